The third kappa shape index (κ3) is 3.82. The number of anilines is 1. The van der Waals surface area contributed by atoms with Crippen molar-refractivity contribution in [3.8, 4) is 5.88 Å². The maximum absolute atomic E-state index is 12.6. The number of hydrogen-bond donors (Lipinski definition) is 0. The van der Waals surface area contributed by atoms with Crippen LogP contribution >= 0.6 is 0 Å². The summed E-state index contributed by atoms with van der Waals surface area (Å²) < 4.78 is 7.32. The maximum atomic E-state index is 12.6. The van der Waals surface area contributed by atoms with Gasteiger partial charge in [0.15, 0.2) is 0 Å². The summed E-state index contributed by atoms with van der Waals surface area (Å²) in [6.45, 7) is 6.73. The van der Waals surface area contributed by atoms with Gasteiger partial charge in [-0.3, -0.25) is 14.3 Å². The van der Waals surface area contributed by atoms with Crippen molar-refractivity contribution in [1.82, 2.24) is 24.6 Å². The molecule has 0 N–H and O–H groups in total. The Labute approximate surface area is 163 Å². The van der Waals surface area contributed by atoms with Gasteiger partial charge in [-0.25, -0.2) is 4.98 Å². The molecule has 1 aliphatic rings. The minimum Gasteiger partial charge on any atom is -0.475 e. The Morgan fingerprint density at radius 3 is 2.57 bits per heavy atom. The highest BCUT2D eigenvalue weighted by atomic mass is 16.5. The lowest BCUT2D eigenvalue weighted by Crippen LogP contribution is -2.49. The van der Waals surface area contributed by atoms with Crippen molar-refractivity contribution in [2.45, 2.75) is 6.92 Å². The number of para-hydroxylation sites is 1. The van der Waals surface area contributed by atoms with Crippen molar-refractivity contribution in [3.05, 3.63) is 52.4 Å². The Bertz CT molecular complexity index is 1010. The Kier molecular flexibility index (Phi) is 5.21. The van der Waals surface area contributed by atoms with Crippen molar-refractivity contribution in [2.75, 3.05) is 44.2 Å². The van der Waals surface area contributed by atoms with Crippen LogP contribution in [0.15, 0.2) is 41.2 Å². The molecule has 0 spiro atoms. The molecule has 2 aromatic heterocycles. The van der Waals surface area contributed by atoms with Gasteiger partial charge in [-0.1, -0.05) is 12.1 Å². The number of ether oxygens (including phenoxy) is 1. The van der Waals surface area contributed by atoms with Crippen LogP contribution < -0.4 is 15.2 Å². The van der Waals surface area contributed by atoms with Gasteiger partial charge in [0.2, 0.25) is 11.8 Å². The van der Waals surface area contributed by atoms with Gasteiger partial charge >= 0.3 is 0 Å². The zero-order valence-corrected chi connectivity index (χ0v) is 16.2. The highest BCUT2D eigenvalue weighted by Crippen LogP contribution is 2.16. The molecule has 0 atom stereocenters. The standard InChI is InChI=1S/C20H24N6O2/c1-15-7-8-18(23-22-15)28-14-13-25-9-11-26(12-10-25)20-21-17-6-4-3-5-16(17)19(27)24(20)2/h3-8H,9-14H2,1-2H3. The lowest BCUT2D eigenvalue weighted by atomic mass is 10.2. The number of benzene rings is 1. The molecular weight excluding hydrogens is 356 g/mol. The third-order valence-electron chi connectivity index (χ3n) is 5.05. The first kappa shape index (κ1) is 18.4. The molecule has 3 heterocycles. The summed E-state index contributed by atoms with van der Waals surface area (Å²) in [7, 11) is 1.79. The monoisotopic (exact) mass is 380 g/mol. The van der Waals surface area contributed by atoms with Crippen LogP contribution in [0.3, 0.4) is 0 Å². The second kappa shape index (κ2) is 7.93. The number of hydrogen-bond acceptors (Lipinski definition) is 7. The molecule has 0 saturated carbocycles. The SMILES string of the molecule is Cc1ccc(OCCN2CCN(c3nc4ccccc4c(=O)n3C)CC2)nn1. The number of nitrogens with zero attached hydrogens (tertiary/aromatic N) is 6. The third-order valence-corrected chi connectivity index (χ3v) is 5.05. The molecule has 1 aliphatic heterocycles. The van der Waals surface area contributed by atoms with Crippen LogP contribution in [0.5, 0.6) is 5.88 Å². The largest absolute Gasteiger partial charge is 0.475 e. The van der Waals surface area contributed by atoms with Crippen LogP contribution in [-0.2, 0) is 7.05 Å². The molecule has 0 unspecified atom stereocenters. The van der Waals surface area contributed by atoms with Crippen molar-refractivity contribution in [3.63, 3.8) is 0 Å². The number of fused-ring (bicyclic) bond motifs is 1. The average molecular weight is 380 g/mol. The lowest BCUT2D eigenvalue weighted by Gasteiger charge is -2.35. The summed E-state index contributed by atoms with van der Waals surface area (Å²) in [5.41, 5.74) is 1.62. The molecule has 28 heavy (non-hydrogen) atoms. The predicted molar refractivity (Wildman–Crippen MR) is 108 cm³/mol. The highest BCUT2D eigenvalue weighted by Gasteiger charge is 2.21. The van der Waals surface area contributed by atoms with E-state index in [4.69, 9.17) is 9.72 Å². The van der Waals surface area contributed by atoms with Gasteiger partial charge in [0.1, 0.15) is 6.61 Å². The molecule has 8 nitrogen and oxygen atoms in total. The normalized spacial score (nSPS) is 15.1. The molecule has 4 rings (SSSR count). The second-order valence-corrected chi connectivity index (χ2v) is 6.98. The van der Waals surface area contributed by atoms with Crippen LogP contribution in [0, 0.1) is 6.92 Å². The van der Waals surface area contributed by atoms with Crippen LogP contribution in [0.1, 0.15) is 5.69 Å². The molecular formula is C20H24N6O2. The van der Waals surface area contributed by atoms with Gasteiger partial charge in [-0.05, 0) is 25.1 Å². The van der Waals surface area contributed by atoms with Gasteiger partial charge in [0.05, 0.1) is 16.6 Å². The molecule has 1 saturated heterocycles. The van der Waals surface area contributed by atoms with E-state index in [0.717, 1.165) is 49.9 Å². The Morgan fingerprint density at radius 1 is 1.04 bits per heavy atom. The minimum absolute atomic E-state index is 0.00404. The van der Waals surface area contributed by atoms with Crippen molar-refractivity contribution in [2.24, 2.45) is 7.05 Å². The molecule has 1 aromatic carbocycles. The fourth-order valence-electron chi connectivity index (χ4n) is 3.40. The first-order valence-electron chi connectivity index (χ1n) is 9.48. The smallest absolute Gasteiger partial charge is 0.262 e. The molecule has 1 fully saturated rings. The van der Waals surface area contributed by atoms with E-state index in [0.29, 0.717) is 17.9 Å². The number of aromatic nitrogens is 4. The first-order valence-corrected chi connectivity index (χ1v) is 9.48. The van der Waals surface area contributed by atoms with Crippen molar-refractivity contribution in [1.29, 1.82) is 0 Å². The van der Waals surface area contributed by atoms with Gasteiger partial charge in [-0.2, -0.15) is 5.10 Å². The van der Waals surface area contributed by atoms with Crippen LogP contribution in [0.2, 0.25) is 0 Å². The first-order chi connectivity index (χ1) is 13.6. The van der Waals surface area contributed by atoms with Gasteiger partial charge in [-0.15, -0.1) is 5.10 Å². The second-order valence-electron chi connectivity index (χ2n) is 6.98. The van der Waals surface area contributed by atoms with Crippen molar-refractivity contribution < 1.29 is 4.74 Å². The lowest BCUT2D eigenvalue weighted by molar-refractivity contribution is 0.195. The van der Waals surface area contributed by atoms with E-state index >= 15 is 0 Å². The molecule has 8 heteroatoms. The predicted octanol–water partition coefficient (Wildman–Crippen LogP) is 1.23. The van der Waals surface area contributed by atoms with E-state index in [-0.39, 0.29) is 5.56 Å². The Morgan fingerprint density at radius 2 is 1.82 bits per heavy atom. The van der Waals surface area contributed by atoms with E-state index in [1.807, 2.05) is 43.3 Å². The summed E-state index contributed by atoms with van der Waals surface area (Å²) in [6, 6.07) is 11.2. The number of rotatable bonds is 5. The van der Waals surface area contributed by atoms with Crippen LogP contribution in [-0.4, -0.2) is 64.0 Å². The molecule has 0 aliphatic carbocycles. The molecule has 0 amide bonds. The number of aryl methyl sites for hydroxylation is 1. The Balaban J connectivity index is 1.35. The fraction of sp³-hybridized carbons (Fsp3) is 0.400. The van der Waals surface area contributed by atoms with E-state index in [9.17, 15) is 4.79 Å². The van der Waals surface area contributed by atoms with Gasteiger partial charge in [0.25, 0.3) is 5.56 Å². The fourth-order valence-corrected chi connectivity index (χ4v) is 3.40. The zero-order chi connectivity index (χ0) is 19.5. The maximum Gasteiger partial charge on any atom is 0.262 e. The van der Waals surface area contributed by atoms with Crippen LogP contribution in [0.4, 0.5) is 5.95 Å². The minimum atomic E-state index is -0.00404. The summed E-state index contributed by atoms with van der Waals surface area (Å²) in [5.74, 6) is 1.29. The summed E-state index contributed by atoms with van der Waals surface area (Å²) in [6.07, 6.45) is 0. The van der Waals surface area contributed by atoms with Crippen molar-refractivity contribution >= 4 is 16.9 Å². The molecule has 3 aromatic rings. The summed E-state index contributed by atoms with van der Waals surface area (Å²) in [5, 5.41) is 8.67. The number of piperazine rings is 1. The summed E-state index contributed by atoms with van der Waals surface area (Å²) >= 11 is 0. The quantitative estimate of drug-likeness (QED) is 0.659. The van der Waals surface area contributed by atoms with Crippen LogP contribution in [0.25, 0.3) is 10.9 Å². The van der Waals surface area contributed by atoms with Gasteiger partial charge < -0.3 is 9.64 Å². The molecule has 0 radical (unpaired) electrons. The van der Waals surface area contributed by atoms with E-state index in [2.05, 4.69) is 20.0 Å². The molecule has 0 bridgehead atoms. The highest BCUT2D eigenvalue weighted by molar-refractivity contribution is 5.78. The molecule has 146 valence electrons. The average Bonchev–Trinajstić information content (AvgIpc) is 2.73. The summed E-state index contributed by atoms with van der Waals surface area (Å²) in [4.78, 5) is 21.9. The Hall–Kier alpha value is -3.00. The topological polar surface area (TPSA) is 76.4 Å². The van der Waals surface area contributed by atoms with E-state index in [1.165, 1.54) is 0 Å². The zero-order valence-electron chi connectivity index (χ0n) is 16.2. The van der Waals surface area contributed by atoms with E-state index in [1.54, 1.807) is 11.6 Å². The van der Waals surface area contributed by atoms with Gasteiger partial charge in [0, 0.05) is 45.8 Å². The van der Waals surface area contributed by atoms with E-state index < -0.39 is 0 Å².